The zero-order valence-electron chi connectivity index (χ0n) is 19.3. The summed E-state index contributed by atoms with van der Waals surface area (Å²) in [6.45, 7) is 5.50. The van der Waals surface area contributed by atoms with E-state index in [4.69, 9.17) is 0 Å². The number of hydrogen-bond donors (Lipinski definition) is 1. The van der Waals surface area contributed by atoms with Crippen LogP contribution < -0.4 is 0 Å². The predicted molar refractivity (Wildman–Crippen MR) is 128 cm³/mol. The Bertz CT molecular complexity index is 1000. The molecule has 32 heavy (non-hydrogen) atoms. The molecule has 0 spiro atoms. The molecular weight excluding hydrogens is 400 g/mol. The lowest BCUT2D eigenvalue weighted by molar-refractivity contribution is -0.129. The smallest absolute Gasteiger partial charge is 0.290 e. The fourth-order valence-corrected chi connectivity index (χ4v) is 3.93. The molecule has 1 amide bonds. The molecule has 0 bridgehead atoms. The van der Waals surface area contributed by atoms with Crippen LogP contribution in [-0.4, -0.2) is 53.8 Å². The summed E-state index contributed by atoms with van der Waals surface area (Å²) < 4.78 is 0. The van der Waals surface area contributed by atoms with Crippen LogP contribution in [-0.2, 0) is 9.59 Å². The minimum absolute atomic E-state index is 0.143. The Morgan fingerprint density at radius 1 is 1.09 bits per heavy atom. The lowest BCUT2D eigenvalue weighted by atomic mass is 9.93. The number of carbonyl (C=O) groups is 2. The van der Waals surface area contributed by atoms with Crippen molar-refractivity contribution in [2.45, 2.75) is 32.2 Å². The van der Waals surface area contributed by atoms with Gasteiger partial charge in [-0.2, -0.15) is 0 Å². The number of hydrogen-bond acceptors (Lipinski definition) is 4. The van der Waals surface area contributed by atoms with Crippen molar-refractivity contribution in [2.75, 3.05) is 27.2 Å². The minimum atomic E-state index is -0.598. The summed E-state index contributed by atoms with van der Waals surface area (Å²) in [4.78, 5) is 29.8. The van der Waals surface area contributed by atoms with Crippen molar-refractivity contribution >= 4 is 17.8 Å². The number of rotatable bonds is 9. The Morgan fingerprint density at radius 3 is 2.34 bits per heavy atom. The number of allylic oxidation sites excluding steroid dienone is 1. The van der Waals surface area contributed by atoms with E-state index in [-0.39, 0.29) is 11.4 Å². The van der Waals surface area contributed by atoms with Crippen molar-refractivity contribution in [1.29, 1.82) is 0 Å². The molecule has 5 heteroatoms. The molecule has 1 N–H and O–H groups in total. The van der Waals surface area contributed by atoms with Crippen LogP contribution in [0.25, 0.3) is 6.08 Å². The molecule has 0 radical (unpaired) electrons. The van der Waals surface area contributed by atoms with Gasteiger partial charge in [-0.3, -0.25) is 9.59 Å². The van der Waals surface area contributed by atoms with Gasteiger partial charge >= 0.3 is 0 Å². The zero-order chi connectivity index (χ0) is 23.3. The van der Waals surface area contributed by atoms with Gasteiger partial charge in [0.1, 0.15) is 0 Å². The molecular formula is C27H32N2O3. The van der Waals surface area contributed by atoms with Crippen LogP contribution in [0.3, 0.4) is 0 Å². The Morgan fingerprint density at radius 2 is 1.75 bits per heavy atom. The molecule has 2 aromatic carbocycles. The summed E-state index contributed by atoms with van der Waals surface area (Å²) in [5, 5.41) is 10.7. The number of nitrogens with zero attached hydrogens (tertiary/aromatic N) is 2. The maximum Gasteiger partial charge on any atom is 0.290 e. The first-order valence-corrected chi connectivity index (χ1v) is 11.1. The highest BCUT2D eigenvalue weighted by molar-refractivity contribution is 6.14. The Labute approximate surface area is 190 Å². The fraction of sp³-hybridized carbons (Fsp3) is 0.333. The van der Waals surface area contributed by atoms with Gasteiger partial charge in [-0.15, -0.1) is 0 Å². The number of benzene rings is 2. The molecule has 0 aromatic heterocycles. The van der Waals surface area contributed by atoms with E-state index in [0.29, 0.717) is 12.5 Å². The van der Waals surface area contributed by atoms with Gasteiger partial charge < -0.3 is 14.9 Å². The third-order valence-electron chi connectivity index (χ3n) is 5.72. The molecule has 1 heterocycles. The Kier molecular flexibility index (Phi) is 7.65. The summed E-state index contributed by atoms with van der Waals surface area (Å²) in [6, 6.07) is 16.9. The molecule has 2 aromatic rings. The molecule has 1 aliphatic rings. The van der Waals surface area contributed by atoms with Gasteiger partial charge in [0.05, 0.1) is 11.6 Å². The summed E-state index contributed by atoms with van der Waals surface area (Å²) in [7, 11) is 3.96. The van der Waals surface area contributed by atoms with Gasteiger partial charge in [0.25, 0.3) is 5.91 Å². The standard InChI is InChI=1S/C27H32N2O3/c1-19(2)21-12-14-22(15-13-21)25-24(23(30)16-11-20-9-6-5-7-10-20)26(31)27(32)29(25)18-8-17-28(3)4/h5-7,9-16,19,25,31H,8,17-18H2,1-4H3/b16-11+. The van der Waals surface area contributed by atoms with E-state index >= 15 is 0 Å². The maximum absolute atomic E-state index is 13.2. The Balaban J connectivity index is 1.95. The molecule has 1 atom stereocenters. The third-order valence-corrected chi connectivity index (χ3v) is 5.72. The molecule has 0 saturated carbocycles. The summed E-state index contributed by atoms with van der Waals surface area (Å²) in [5.41, 5.74) is 3.03. The largest absolute Gasteiger partial charge is 0.503 e. The van der Waals surface area contributed by atoms with Crippen LogP contribution in [0.4, 0.5) is 0 Å². The van der Waals surface area contributed by atoms with E-state index < -0.39 is 17.7 Å². The normalized spacial score (nSPS) is 16.8. The van der Waals surface area contributed by atoms with Crippen molar-refractivity contribution < 1.29 is 14.7 Å². The monoisotopic (exact) mass is 432 g/mol. The van der Waals surface area contributed by atoms with Gasteiger partial charge in [-0.25, -0.2) is 0 Å². The summed E-state index contributed by atoms with van der Waals surface area (Å²) in [5.74, 6) is -0.911. The number of aliphatic hydroxyl groups excluding tert-OH is 1. The summed E-state index contributed by atoms with van der Waals surface area (Å²) in [6.07, 6.45) is 3.89. The number of aliphatic hydroxyl groups is 1. The van der Waals surface area contributed by atoms with Crippen LogP contribution in [0, 0.1) is 0 Å². The van der Waals surface area contributed by atoms with Crippen molar-refractivity contribution in [3.63, 3.8) is 0 Å². The van der Waals surface area contributed by atoms with Crippen LogP contribution in [0.15, 0.2) is 72.0 Å². The van der Waals surface area contributed by atoms with Crippen molar-refractivity contribution in [3.05, 3.63) is 88.7 Å². The van der Waals surface area contributed by atoms with Gasteiger partial charge in [0, 0.05) is 6.54 Å². The Hall–Kier alpha value is -3.18. The number of amides is 1. The van der Waals surface area contributed by atoms with Crippen LogP contribution in [0.5, 0.6) is 0 Å². The molecule has 0 aliphatic carbocycles. The average molecular weight is 433 g/mol. The third kappa shape index (κ3) is 5.35. The van der Waals surface area contributed by atoms with Gasteiger partial charge in [-0.1, -0.05) is 74.5 Å². The first-order valence-electron chi connectivity index (χ1n) is 11.1. The molecule has 3 rings (SSSR count). The quantitative estimate of drug-likeness (QED) is 0.582. The van der Waals surface area contributed by atoms with Crippen molar-refractivity contribution in [1.82, 2.24) is 9.80 Å². The number of ketones is 1. The summed E-state index contributed by atoms with van der Waals surface area (Å²) >= 11 is 0. The molecule has 1 aliphatic heterocycles. The van der Waals surface area contributed by atoms with E-state index in [1.807, 2.05) is 68.7 Å². The van der Waals surface area contributed by atoms with Gasteiger partial charge in [0.2, 0.25) is 0 Å². The molecule has 1 unspecified atom stereocenters. The van der Waals surface area contributed by atoms with Crippen molar-refractivity contribution in [2.24, 2.45) is 0 Å². The lowest BCUT2D eigenvalue weighted by Crippen LogP contribution is -2.33. The van der Waals surface area contributed by atoms with Crippen LogP contribution in [0.1, 0.15) is 48.9 Å². The zero-order valence-corrected chi connectivity index (χ0v) is 19.3. The molecule has 5 nitrogen and oxygen atoms in total. The topological polar surface area (TPSA) is 60.9 Å². The van der Waals surface area contributed by atoms with E-state index in [0.717, 1.165) is 24.1 Å². The molecule has 0 fully saturated rings. The van der Waals surface area contributed by atoms with Crippen LogP contribution >= 0.6 is 0 Å². The highest BCUT2D eigenvalue weighted by Crippen LogP contribution is 2.38. The number of carbonyl (C=O) groups excluding carboxylic acids is 2. The van der Waals surface area contributed by atoms with Gasteiger partial charge in [-0.05, 0) is 55.7 Å². The highest BCUT2D eigenvalue weighted by Gasteiger charge is 2.42. The van der Waals surface area contributed by atoms with Gasteiger partial charge in [0.15, 0.2) is 11.5 Å². The molecule has 0 saturated heterocycles. The van der Waals surface area contributed by atoms with E-state index in [1.165, 1.54) is 11.6 Å². The van der Waals surface area contributed by atoms with E-state index in [1.54, 1.807) is 11.0 Å². The predicted octanol–water partition coefficient (Wildman–Crippen LogP) is 4.74. The maximum atomic E-state index is 13.2. The molecule has 168 valence electrons. The van der Waals surface area contributed by atoms with Crippen molar-refractivity contribution in [3.8, 4) is 0 Å². The second-order valence-electron chi connectivity index (χ2n) is 8.75. The van der Waals surface area contributed by atoms with E-state index in [9.17, 15) is 14.7 Å². The first kappa shape index (κ1) is 23.5. The highest BCUT2D eigenvalue weighted by atomic mass is 16.3. The second kappa shape index (κ2) is 10.4. The van der Waals surface area contributed by atoms with E-state index in [2.05, 4.69) is 18.7 Å². The fourth-order valence-electron chi connectivity index (χ4n) is 3.93. The minimum Gasteiger partial charge on any atom is -0.503 e. The second-order valence-corrected chi connectivity index (χ2v) is 8.75. The average Bonchev–Trinajstić information content (AvgIpc) is 3.03. The van der Waals surface area contributed by atoms with Crippen LogP contribution in [0.2, 0.25) is 0 Å². The SMILES string of the molecule is CC(C)c1ccc(C2C(C(=O)/C=C/c3ccccc3)=C(O)C(=O)N2CCCN(C)C)cc1. The lowest BCUT2D eigenvalue weighted by Gasteiger charge is -2.27. The first-order chi connectivity index (χ1) is 15.3.